The van der Waals surface area contributed by atoms with Crippen LogP contribution in [0.2, 0.25) is 0 Å². The Morgan fingerprint density at radius 2 is 1.50 bits per heavy atom. The van der Waals surface area contributed by atoms with E-state index in [2.05, 4.69) is 4.74 Å². The van der Waals surface area contributed by atoms with Gasteiger partial charge in [-0.3, -0.25) is 9.59 Å². The number of thiophene rings is 1. The standard InChI is InChI=1S/C14H11F9N2O4S/c1-3-29-9(27)5-4(2)6(7(24)26)30-8(5)25-10(28)11(15,16)12(17,18)13(19,20)14(21,22)23/h3H2,1-2H3,(H2,24,26)(H,25,28). The smallest absolute Gasteiger partial charge is 0.460 e. The average molecular weight is 474 g/mol. The van der Waals surface area contributed by atoms with Gasteiger partial charge in [0.1, 0.15) is 5.00 Å². The Hall–Kier alpha value is -2.52. The van der Waals surface area contributed by atoms with Gasteiger partial charge in [0.25, 0.3) is 5.91 Å². The molecule has 0 spiro atoms. The van der Waals surface area contributed by atoms with Gasteiger partial charge in [-0.25, -0.2) is 4.79 Å². The fraction of sp³-hybridized carbons (Fsp3) is 0.500. The highest BCUT2D eigenvalue weighted by atomic mass is 32.1. The van der Waals surface area contributed by atoms with Gasteiger partial charge in [0.15, 0.2) is 0 Å². The second kappa shape index (κ2) is 7.96. The van der Waals surface area contributed by atoms with Crippen molar-refractivity contribution in [3.63, 3.8) is 0 Å². The molecule has 1 aromatic rings. The Labute approximate surface area is 165 Å². The number of ether oxygens (including phenoxy) is 1. The van der Waals surface area contributed by atoms with Gasteiger partial charge in [-0.05, 0) is 19.4 Å². The van der Waals surface area contributed by atoms with Crippen molar-refractivity contribution in [3.05, 3.63) is 16.0 Å². The number of nitrogens with one attached hydrogen (secondary N) is 1. The number of hydrogen-bond acceptors (Lipinski definition) is 5. The van der Waals surface area contributed by atoms with E-state index in [9.17, 15) is 53.9 Å². The second-order valence-electron chi connectivity index (χ2n) is 5.52. The van der Waals surface area contributed by atoms with Crippen molar-refractivity contribution in [1.82, 2.24) is 0 Å². The number of carbonyl (C=O) groups excluding carboxylic acids is 3. The molecule has 1 rings (SSSR count). The summed E-state index contributed by atoms with van der Waals surface area (Å²) in [4.78, 5) is 34.3. The number of hydrogen-bond donors (Lipinski definition) is 2. The molecule has 0 saturated heterocycles. The first-order valence-corrected chi connectivity index (χ1v) is 8.28. The molecule has 0 atom stereocenters. The van der Waals surface area contributed by atoms with Crippen molar-refractivity contribution in [2.75, 3.05) is 11.9 Å². The van der Waals surface area contributed by atoms with Gasteiger partial charge in [0, 0.05) is 0 Å². The van der Waals surface area contributed by atoms with Gasteiger partial charge < -0.3 is 15.8 Å². The van der Waals surface area contributed by atoms with Crippen LogP contribution in [0.5, 0.6) is 0 Å². The molecule has 1 aromatic heterocycles. The summed E-state index contributed by atoms with van der Waals surface area (Å²) < 4.78 is 121. The molecule has 0 radical (unpaired) electrons. The SMILES string of the molecule is CCOC(=O)c1c(NC(=O)C(F)(F)C(F)(F)C(F)(F)C(F)(F)F)sc(C(N)=O)c1C. The number of anilines is 1. The molecule has 0 aliphatic rings. The third kappa shape index (κ3) is 4.04. The normalized spacial score (nSPS) is 13.2. The third-order valence-electron chi connectivity index (χ3n) is 3.51. The fourth-order valence-electron chi connectivity index (χ4n) is 1.99. The zero-order chi connectivity index (χ0) is 23.9. The number of nitrogens with two attached hydrogens (primary N) is 1. The highest BCUT2D eigenvalue weighted by Crippen LogP contribution is 2.53. The molecule has 0 bridgehead atoms. The van der Waals surface area contributed by atoms with Crippen LogP contribution in [-0.2, 0) is 9.53 Å². The van der Waals surface area contributed by atoms with Crippen LogP contribution in [0.25, 0.3) is 0 Å². The summed E-state index contributed by atoms with van der Waals surface area (Å²) in [5.74, 6) is -27.0. The molecule has 0 saturated carbocycles. The van der Waals surface area contributed by atoms with E-state index in [1.807, 2.05) is 0 Å². The number of esters is 1. The first-order valence-electron chi connectivity index (χ1n) is 7.46. The maximum atomic E-state index is 13.7. The van der Waals surface area contributed by atoms with Crippen LogP contribution < -0.4 is 11.1 Å². The van der Waals surface area contributed by atoms with Crippen LogP contribution in [-0.4, -0.2) is 48.3 Å². The summed E-state index contributed by atoms with van der Waals surface area (Å²) in [6, 6.07) is 0. The highest BCUT2D eigenvalue weighted by Gasteiger charge is 2.83. The molecule has 3 N–H and O–H groups in total. The summed E-state index contributed by atoms with van der Waals surface area (Å²) in [5.41, 5.74) is 3.84. The Bertz CT molecular complexity index is 864. The van der Waals surface area contributed by atoms with Crippen LogP contribution in [0.1, 0.15) is 32.5 Å². The molecule has 1 heterocycles. The number of halogens is 9. The molecule has 30 heavy (non-hydrogen) atoms. The number of amides is 2. The van der Waals surface area contributed by atoms with Crippen LogP contribution in [0.15, 0.2) is 0 Å². The Morgan fingerprint density at radius 1 is 1.00 bits per heavy atom. The first kappa shape index (κ1) is 25.5. The average Bonchev–Trinajstić information content (AvgIpc) is 2.90. The van der Waals surface area contributed by atoms with Crippen molar-refractivity contribution in [2.24, 2.45) is 5.73 Å². The molecule has 170 valence electrons. The van der Waals surface area contributed by atoms with Gasteiger partial charge in [0.05, 0.1) is 17.0 Å². The Balaban J connectivity index is 3.46. The summed E-state index contributed by atoms with van der Waals surface area (Å²) in [5, 5.41) is -0.0696. The van der Waals surface area contributed by atoms with Crippen molar-refractivity contribution in [2.45, 2.75) is 37.8 Å². The number of carbonyl (C=O) groups is 3. The largest absolute Gasteiger partial charge is 0.462 e. The van der Waals surface area contributed by atoms with Gasteiger partial charge >= 0.3 is 35.8 Å². The molecule has 0 aliphatic heterocycles. The molecular weight excluding hydrogens is 463 g/mol. The minimum atomic E-state index is -7.28. The van der Waals surface area contributed by atoms with Crippen molar-refractivity contribution in [1.29, 1.82) is 0 Å². The zero-order valence-corrected chi connectivity index (χ0v) is 15.5. The molecule has 0 fully saturated rings. The Morgan fingerprint density at radius 3 is 1.90 bits per heavy atom. The second-order valence-corrected chi connectivity index (χ2v) is 6.54. The van der Waals surface area contributed by atoms with E-state index < -0.39 is 57.2 Å². The molecule has 0 unspecified atom stereocenters. The van der Waals surface area contributed by atoms with Gasteiger partial charge in [-0.2, -0.15) is 39.5 Å². The predicted molar refractivity (Wildman–Crippen MR) is 83.1 cm³/mol. The van der Waals surface area contributed by atoms with Crippen molar-refractivity contribution in [3.8, 4) is 0 Å². The minimum Gasteiger partial charge on any atom is -0.462 e. The van der Waals surface area contributed by atoms with Gasteiger partial charge in [0.2, 0.25) is 0 Å². The van der Waals surface area contributed by atoms with E-state index in [0.717, 1.165) is 12.2 Å². The third-order valence-corrected chi connectivity index (χ3v) is 4.73. The van der Waals surface area contributed by atoms with Crippen LogP contribution in [0.4, 0.5) is 44.5 Å². The van der Waals surface area contributed by atoms with Crippen molar-refractivity contribution >= 4 is 34.1 Å². The maximum absolute atomic E-state index is 13.7. The van der Waals surface area contributed by atoms with Gasteiger partial charge in [-0.1, -0.05) is 0 Å². The molecule has 16 heteroatoms. The predicted octanol–water partition coefficient (Wildman–Crippen LogP) is 3.74. The first-order chi connectivity index (χ1) is 13.3. The highest BCUT2D eigenvalue weighted by molar-refractivity contribution is 7.18. The Kier molecular flexibility index (Phi) is 6.77. The summed E-state index contributed by atoms with van der Waals surface area (Å²) >= 11 is 0.0212. The van der Waals surface area contributed by atoms with E-state index in [1.54, 1.807) is 0 Å². The lowest BCUT2D eigenvalue weighted by molar-refractivity contribution is -0.388. The van der Waals surface area contributed by atoms with Crippen LogP contribution >= 0.6 is 11.3 Å². The summed E-state index contributed by atoms with van der Waals surface area (Å²) in [6.07, 6.45) is -7.12. The molecule has 2 amide bonds. The number of alkyl halides is 9. The minimum absolute atomic E-state index is 0.0212. The molecule has 0 aromatic carbocycles. The van der Waals surface area contributed by atoms with Crippen LogP contribution in [0, 0.1) is 6.92 Å². The number of primary amides is 1. The van der Waals surface area contributed by atoms with E-state index in [-0.39, 0.29) is 23.5 Å². The summed E-state index contributed by atoms with van der Waals surface area (Å²) in [7, 11) is 0. The fourth-order valence-corrected chi connectivity index (χ4v) is 3.03. The lowest BCUT2D eigenvalue weighted by Gasteiger charge is -2.32. The lowest BCUT2D eigenvalue weighted by Crippen LogP contribution is -2.64. The van der Waals surface area contributed by atoms with E-state index >= 15 is 0 Å². The maximum Gasteiger partial charge on any atom is 0.460 e. The number of rotatable bonds is 7. The molecule has 0 aliphatic carbocycles. The van der Waals surface area contributed by atoms with E-state index in [4.69, 9.17) is 5.73 Å². The van der Waals surface area contributed by atoms with E-state index in [1.165, 1.54) is 6.92 Å². The summed E-state index contributed by atoms with van der Waals surface area (Å²) in [6.45, 7) is 2.02. The van der Waals surface area contributed by atoms with Crippen LogP contribution in [0.3, 0.4) is 0 Å². The topological polar surface area (TPSA) is 98.5 Å². The van der Waals surface area contributed by atoms with Crippen molar-refractivity contribution < 1.29 is 58.6 Å². The quantitative estimate of drug-likeness (QED) is 0.465. The molecular formula is C14H11F9N2O4S. The van der Waals surface area contributed by atoms with E-state index in [0.29, 0.717) is 0 Å². The monoisotopic (exact) mass is 474 g/mol. The lowest BCUT2D eigenvalue weighted by atomic mass is 10.0. The molecule has 6 nitrogen and oxygen atoms in total. The van der Waals surface area contributed by atoms with Gasteiger partial charge in [-0.15, -0.1) is 11.3 Å². The zero-order valence-electron chi connectivity index (χ0n) is 14.7.